The summed E-state index contributed by atoms with van der Waals surface area (Å²) in [5.74, 6) is 1.89. The van der Waals surface area contributed by atoms with Crippen LogP contribution in [0, 0.1) is 11.7 Å². The van der Waals surface area contributed by atoms with Crippen LogP contribution >= 0.6 is 24.0 Å². The van der Waals surface area contributed by atoms with Crippen molar-refractivity contribution in [1.82, 2.24) is 15.6 Å². The molecule has 158 valence electrons. The van der Waals surface area contributed by atoms with Crippen molar-refractivity contribution < 1.29 is 13.9 Å². The summed E-state index contributed by atoms with van der Waals surface area (Å²) >= 11 is 0. The molecule has 8 heteroatoms. The van der Waals surface area contributed by atoms with E-state index in [4.69, 9.17) is 9.47 Å². The number of hydrogen-bond donors (Lipinski definition) is 2. The van der Waals surface area contributed by atoms with Gasteiger partial charge < -0.3 is 20.1 Å². The van der Waals surface area contributed by atoms with Gasteiger partial charge in [-0.3, -0.25) is 4.99 Å². The van der Waals surface area contributed by atoms with Gasteiger partial charge in [0.05, 0.1) is 13.2 Å². The quantitative estimate of drug-likeness (QED) is 0.303. The molecule has 1 aliphatic carbocycles. The standard InChI is InChI=1S/C21H27FN4O2.HI/c1-15(28-19-6-4-3-5-18(19)22)11-25-21(23-2)26-13-17-9-10-20(24-12-17)27-14-16-7-8-16;/h3-6,9-10,12,15-16H,7-8,11,13-14H2,1-2H3,(H2,23,25,26);1H. The fourth-order valence-corrected chi connectivity index (χ4v) is 2.53. The normalized spacial score (nSPS) is 14.5. The lowest BCUT2D eigenvalue weighted by atomic mass is 10.3. The van der Waals surface area contributed by atoms with E-state index < -0.39 is 0 Å². The molecule has 0 amide bonds. The topological polar surface area (TPSA) is 67.8 Å². The average Bonchev–Trinajstić information content (AvgIpc) is 3.54. The SMILES string of the molecule is CN=C(NCc1ccc(OCC2CC2)nc1)NCC(C)Oc1ccccc1F.I. The number of nitrogens with one attached hydrogen (secondary N) is 2. The largest absolute Gasteiger partial charge is 0.486 e. The molecule has 1 heterocycles. The van der Waals surface area contributed by atoms with Crippen LogP contribution in [-0.4, -0.2) is 37.2 Å². The van der Waals surface area contributed by atoms with E-state index in [9.17, 15) is 4.39 Å². The van der Waals surface area contributed by atoms with Crippen LogP contribution in [0.25, 0.3) is 0 Å². The fourth-order valence-electron chi connectivity index (χ4n) is 2.53. The Labute approximate surface area is 188 Å². The van der Waals surface area contributed by atoms with E-state index in [1.807, 2.05) is 19.1 Å². The number of benzene rings is 1. The molecule has 1 atom stereocenters. The number of nitrogens with zero attached hydrogens (tertiary/aromatic N) is 2. The lowest BCUT2D eigenvalue weighted by Gasteiger charge is -2.18. The monoisotopic (exact) mass is 514 g/mol. The van der Waals surface area contributed by atoms with Gasteiger partial charge >= 0.3 is 0 Å². The van der Waals surface area contributed by atoms with Crippen molar-refractivity contribution in [2.75, 3.05) is 20.2 Å². The molecule has 0 saturated heterocycles. The first kappa shape index (κ1) is 23.2. The molecule has 1 unspecified atom stereocenters. The van der Waals surface area contributed by atoms with Crippen LogP contribution in [0.2, 0.25) is 0 Å². The first-order valence-electron chi connectivity index (χ1n) is 9.57. The highest BCUT2D eigenvalue weighted by Gasteiger charge is 2.22. The first-order chi connectivity index (χ1) is 13.6. The van der Waals surface area contributed by atoms with E-state index in [0.717, 1.165) is 12.2 Å². The predicted molar refractivity (Wildman–Crippen MR) is 123 cm³/mol. The molecular weight excluding hydrogens is 486 g/mol. The fraction of sp³-hybridized carbons (Fsp3) is 0.429. The number of para-hydroxylation sites is 1. The van der Waals surface area contributed by atoms with E-state index in [1.165, 1.54) is 18.9 Å². The molecule has 0 spiro atoms. The zero-order valence-corrected chi connectivity index (χ0v) is 19.1. The molecule has 0 aliphatic heterocycles. The summed E-state index contributed by atoms with van der Waals surface area (Å²) < 4.78 is 24.9. The first-order valence-corrected chi connectivity index (χ1v) is 9.57. The van der Waals surface area contributed by atoms with Crippen molar-refractivity contribution in [1.29, 1.82) is 0 Å². The van der Waals surface area contributed by atoms with Crippen molar-refractivity contribution in [3.05, 3.63) is 54.0 Å². The van der Waals surface area contributed by atoms with Crippen LogP contribution < -0.4 is 20.1 Å². The van der Waals surface area contributed by atoms with Crippen LogP contribution in [0.15, 0.2) is 47.6 Å². The molecule has 29 heavy (non-hydrogen) atoms. The minimum absolute atomic E-state index is 0. The molecule has 0 bridgehead atoms. The van der Waals surface area contributed by atoms with Gasteiger partial charge in [0, 0.05) is 25.9 Å². The molecule has 2 aromatic rings. The van der Waals surface area contributed by atoms with Crippen molar-refractivity contribution in [2.45, 2.75) is 32.4 Å². The van der Waals surface area contributed by atoms with Gasteiger partial charge in [0.15, 0.2) is 17.5 Å². The third-order valence-corrected chi connectivity index (χ3v) is 4.37. The zero-order valence-electron chi connectivity index (χ0n) is 16.7. The summed E-state index contributed by atoms with van der Waals surface area (Å²) in [7, 11) is 1.70. The van der Waals surface area contributed by atoms with Gasteiger partial charge in [-0.25, -0.2) is 9.37 Å². The highest BCUT2D eigenvalue weighted by molar-refractivity contribution is 14.0. The molecule has 3 rings (SSSR count). The van der Waals surface area contributed by atoms with E-state index in [1.54, 1.807) is 31.4 Å². The van der Waals surface area contributed by atoms with E-state index >= 15 is 0 Å². The third-order valence-electron chi connectivity index (χ3n) is 4.37. The van der Waals surface area contributed by atoms with Gasteiger partial charge in [-0.1, -0.05) is 18.2 Å². The Morgan fingerprint density at radius 1 is 1.24 bits per heavy atom. The summed E-state index contributed by atoms with van der Waals surface area (Å²) in [4.78, 5) is 8.53. The van der Waals surface area contributed by atoms with Crippen LogP contribution in [0.4, 0.5) is 4.39 Å². The van der Waals surface area contributed by atoms with E-state index in [-0.39, 0.29) is 41.6 Å². The Balaban J connectivity index is 0.00000300. The number of ether oxygens (including phenoxy) is 2. The summed E-state index contributed by atoms with van der Waals surface area (Å²) in [6, 6.07) is 10.3. The van der Waals surface area contributed by atoms with Crippen molar-refractivity contribution in [3.8, 4) is 11.6 Å². The van der Waals surface area contributed by atoms with E-state index in [2.05, 4.69) is 20.6 Å². The minimum atomic E-state index is -0.367. The molecule has 1 saturated carbocycles. The highest BCUT2D eigenvalue weighted by Crippen LogP contribution is 2.29. The third kappa shape index (κ3) is 8.04. The van der Waals surface area contributed by atoms with Gasteiger partial charge in [-0.15, -0.1) is 24.0 Å². The smallest absolute Gasteiger partial charge is 0.213 e. The van der Waals surface area contributed by atoms with Crippen LogP contribution in [0.3, 0.4) is 0 Å². The lowest BCUT2D eigenvalue weighted by Crippen LogP contribution is -2.41. The Kier molecular flexibility index (Phi) is 9.43. The number of aliphatic imine (C=N–C) groups is 1. The van der Waals surface area contributed by atoms with Gasteiger partial charge in [-0.2, -0.15) is 0 Å². The Bertz CT molecular complexity index is 785. The highest BCUT2D eigenvalue weighted by atomic mass is 127. The van der Waals surface area contributed by atoms with Crippen LogP contribution in [0.1, 0.15) is 25.3 Å². The predicted octanol–water partition coefficient (Wildman–Crippen LogP) is 3.76. The number of rotatable bonds is 9. The molecule has 1 aromatic carbocycles. The van der Waals surface area contributed by atoms with Gasteiger partial charge in [0.1, 0.15) is 6.10 Å². The molecule has 1 aliphatic rings. The summed E-state index contributed by atoms with van der Waals surface area (Å²) in [5, 5.41) is 6.40. The Morgan fingerprint density at radius 2 is 2.03 bits per heavy atom. The van der Waals surface area contributed by atoms with Gasteiger partial charge in [-0.05, 0) is 43.4 Å². The minimum Gasteiger partial charge on any atom is -0.486 e. The summed E-state index contributed by atoms with van der Waals surface area (Å²) in [6.07, 6.45) is 4.10. The molecule has 0 radical (unpaired) electrons. The maximum Gasteiger partial charge on any atom is 0.213 e. The zero-order chi connectivity index (χ0) is 19.8. The molecule has 1 aromatic heterocycles. The Hall–Kier alpha value is -2.10. The summed E-state index contributed by atoms with van der Waals surface area (Å²) in [6.45, 7) is 3.70. The van der Waals surface area contributed by atoms with Crippen molar-refractivity contribution in [3.63, 3.8) is 0 Å². The maximum atomic E-state index is 13.6. The van der Waals surface area contributed by atoms with Crippen LogP contribution in [0.5, 0.6) is 11.6 Å². The second-order valence-electron chi connectivity index (χ2n) is 6.92. The number of aromatic nitrogens is 1. The number of guanidine groups is 1. The van der Waals surface area contributed by atoms with Crippen molar-refractivity contribution >= 4 is 29.9 Å². The lowest BCUT2D eigenvalue weighted by molar-refractivity contribution is 0.214. The summed E-state index contributed by atoms with van der Waals surface area (Å²) in [5.41, 5.74) is 1.03. The number of hydrogen-bond acceptors (Lipinski definition) is 4. The molecular formula is C21H28FIN4O2. The molecule has 2 N–H and O–H groups in total. The maximum absolute atomic E-state index is 13.6. The van der Waals surface area contributed by atoms with Gasteiger partial charge in [0.2, 0.25) is 5.88 Å². The average molecular weight is 514 g/mol. The number of pyridine rings is 1. The molecule has 6 nitrogen and oxygen atoms in total. The molecule has 1 fully saturated rings. The van der Waals surface area contributed by atoms with Crippen LogP contribution in [-0.2, 0) is 6.54 Å². The second-order valence-corrected chi connectivity index (χ2v) is 6.92. The van der Waals surface area contributed by atoms with Gasteiger partial charge in [0.25, 0.3) is 0 Å². The Morgan fingerprint density at radius 3 is 2.69 bits per heavy atom. The van der Waals surface area contributed by atoms with Crippen molar-refractivity contribution in [2.24, 2.45) is 10.9 Å². The van der Waals surface area contributed by atoms with E-state index in [0.29, 0.717) is 30.8 Å². The second kappa shape index (κ2) is 11.8. The number of halogens is 2.